The van der Waals surface area contributed by atoms with E-state index in [1.54, 1.807) is 4.90 Å². The van der Waals surface area contributed by atoms with Crippen LogP contribution < -0.4 is 10.6 Å². The average molecular weight is 326 g/mol. The summed E-state index contributed by atoms with van der Waals surface area (Å²) in [6.07, 6.45) is -0.253. The van der Waals surface area contributed by atoms with Crippen LogP contribution in [0.4, 0.5) is 10.5 Å². The van der Waals surface area contributed by atoms with Crippen LogP contribution in [-0.2, 0) is 11.3 Å². The molecule has 1 aliphatic rings. The number of anilines is 1. The molecule has 0 unspecified atom stereocenters. The molecule has 5 nitrogen and oxygen atoms in total. The van der Waals surface area contributed by atoms with Crippen LogP contribution in [0, 0.1) is 0 Å². The monoisotopic (exact) mass is 325 g/mol. The van der Waals surface area contributed by atoms with Gasteiger partial charge < -0.3 is 20.3 Å². The van der Waals surface area contributed by atoms with E-state index in [-0.39, 0.29) is 6.09 Å². The lowest BCUT2D eigenvalue weighted by atomic mass is 10.1. The second kappa shape index (κ2) is 6.75. The summed E-state index contributed by atoms with van der Waals surface area (Å²) in [6.45, 7) is 8.78. The lowest BCUT2D eigenvalue weighted by molar-refractivity contribution is 0.0240. The lowest BCUT2D eigenvalue weighted by Crippen LogP contribution is -2.50. The molecule has 1 saturated heterocycles. The van der Waals surface area contributed by atoms with Crippen molar-refractivity contribution in [3.8, 4) is 0 Å². The van der Waals surface area contributed by atoms with Crippen LogP contribution in [-0.4, -0.2) is 42.8 Å². The zero-order chi connectivity index (χ0) is 16.3. The lowest BCUT2D eigenvalue weighted by Gasteiger charge is -2.37. The van der Waals surface area contributed by atoms with Crippen molar-refractivity contribution >= 4 is 23.4 Å². The quantitative estimate of drug-likeness (QED) is 0.908. The number of benzene rings is 1. The molecule has 2 rings (SSSR count). The van der Waals surface area contributed by atoms with Gasteiger partial charge in [-0.25, -0.2) is 4.79 Å². The Morgan fingerprint density at radius 2 is 1.91 bits per heavy atom. The van der Waals surface area contributed by atoms with E-state index in [4.69, 9.17) is 22.1 Å². The van der Waals surface area contributed by atoms with Gasteiger partial charge in [-0.05, 0) is 32.9 Å². The largest absolute Gasteiger partial charge is 0.444 e. The fraction of sp³-hybridized carbons (Fsp3) is 0.562. The van der Waals surface area contributed by atoms with Crippen molar-refractivity contribution in [1.82, 2.24) is 4.90 Å². The first-order valence-corrected chi connectivity index (χ1v) is 7.90. The summed E-state index contributed by atoms with van der Waals surface area (Å²) in [4.78, 5) is 16.0. The van der Waals surface area contributed by atoms with E-state index < -0.39 is 5.60 Å². The highest BCUT2D eigenvalue weighted by Gasteiger charge is 2.26. The highest BCUT2D eigenvalue weighted by molar-refractivity contribution is 6.31. The molecule has 1 aromatic carbocycles. The smallest absolute Gasteiger partial charge is 0.410 e. The van der Waals surface area contributed by atoms with Gasteiger partial charge in [-0.2, -0.15) is 0 Å². The molecule has 0 saturated carbocycles. The molecule has 1 heterocycles. The van der Waals surface area contributed by atoms with Crippen LogP contribution in [0.15, 0.2) is 18.2 Å². The van der Waals surface area contributed by atoms with Gasteiger partial charge in [0.25, 0.3) is 0 Å². The molecule has 1 amide bonds. The predicted molar refractivity (Wildman–Crippen MR) is 89.4 cm³/mol. The second-order valence-corrected chi connectivity index (χ2v) is 6.80. The zero-order valence-corrected chi connectivity index (χ0v) is 14.2. The van der Waals surface area contributed by atoms with E-state index >= 15 is 0 Å². The normalized spacial score (nSPS) is 15.9. The third-order valence-electron chi connectivity index (χ3n) is 3.57. The maximum Gasteiger partial charge on any atom is 0.410 e. The molecule has 0 atom stereocenters. The Labute approximate surface area is 137 Å². The topological polar surface area (TPSA) is 58.8 Å². The molecule has 2 N–H and O–H groups in total. The van der Waals surface area contributed by atoms with E-state index in [2.05, 4.69) is 4.90 Å². The maximum absolute atomic E-state index is 12.1. The van der Waals surface area contributed by atoms with Crippen LogP contribution in [0.5, 0.6) is 0 Å². The SMILES string of the molecule is CC(C)(C)OC(=O)N1CCN(c2cccc(Cl)c2CN)CC1. The number of carbonyl (C=O) groups excluding carboxylic acids is 1. The van der Waals surface area contributed by atoms with Gasteiger partial charge in [0, 0.05) is 49.0 Å². The third kappa shape index (κ3) is 4.05. The summed E-state index contributed by atoms with van der Waals surface area (Å²) >= 11 is 6.21. The average Bonchev–Trinajstić information content (AvgIpc) is 2.45. The third-order valence-corrected chi connectivity index (χ3v) is 3.92. The van der Waals surface area contributed by atoms with Crippen molar-refractivity contribution < 1.29 is 9.53 Å². The minimum Gasteiger partial charge on any atom is -0.444 e. The standard InChI is InChI=1S/C16H24ClN3O2/c1-16(2,3)22-15(21)20-9-7-19(8-10-20)14-6-4-5-13(17)12(14)11-18/h4-6H,7-11,18H2,1-3H3. The number of hydrogen-bond acceptors (Lipinski definition) is 4. The van der Waals surface area contributed by atoms with Crippen LogP contribution in [0.3, 0.4) is 0 Å². The number of hydrogen-bond donors (Lipinski definition) is 1. The zero-order valence-electron chi connectivity index (χ0n) is 13.4. The summed E-state index contributed by atoms with van der Waals surface area (Å²) < 4.78 is 5.41. The summed E-state index contributed by atoms with van der Waals surface area (Å²) in [5, 5.41) is 0.689. The van der Waals surface area contributed by atoms with Crippen molar-refractivity contribution in [3.63, 3.8) is 0 Å². The molecule has 122 valence electrons. The van der Waals surface area contributed by atoms with E-state index in [9.17, 15) is 4.79 Å². The molecule has 6 heteroatoms. The van der Waals surface area contributed by atoms with E-state index in [1.807, 2.05) is 39.0 Å². The number of nitrogens with zero attached hydrogens (tertiary/aromatic N) is 2. The van der Waals surface area contributed by atoms with Gasteiger partial charge in [-0.1, -0.05) is 17.7 Å². The summed E-state index contributed by atoms with van der Waals surface area (Å²) in [6, 6.07) is 5.80. The van der Waals surface area contributed by atoms with Gasteiger partial charge in [-0.15, -0.1) is 0 Å². The van der Waals surface area contributed by atoms with Gasteiger partial charge in [0.05, 0.1) is 0 Å². The Hall–Kier alpha value is -1.46. The van der Waals surface area contributed by atoms with Crippen molar-refractivity contribution in [1.29, 1.82) is 0 Å². The molecule has 0 spiro atoms. The molecule has 0 aromatic heterocycles. The maximum atomic E-state index is 12.1. The van der Waals surface area contributed by atoms with E-state index in [0.717, 1.165) is 24.3 Å². The number of ether oxygens (including phenoxy) is 1. The molecule has 1 aliphatic heterocycles. The molecule has 1 fully saturated rings. The number of nitrogens with two attached hydrogens (primary N) is 1. The van der Waals surface area contributed by atoms with E-state index in [0.29, 0.717) is 24.7 Å². The van der Waals surface area contributed by atoms with Gasteiger partial charge in [0.2, 0.25) is 0 Å². The summed E-state index contributed by atoms with van der Waals surface area (Å²) in [5.41, 5.74) is 7.35. The van der Waals surface area contributed by atoms with Crippen molar-refractivity contribution in [2.45, 2.75) is 32.9 Å². The van der Waals surface area contributed by atoms with Crippen molar-refractivity contribution in [3.05, 3.63) is 28.8 Å². The molecule has 0 bridgehead atoms. The van der Waals surface area contributed by atoms with E-state index in [1.165, 1.54) is 0 Å². The Morgan fingerprint density at radius 3 is 2.45 bits per heavy atom. The summed E-state index contributed by atoms with van der Waals surface area (Å²) in [7, 11) is 0. The van der Waals surface area contributed by atoms with Crippen LogP contribution in [0.25, 0.3) is 0 Å². The first kappa shape index (κ1) is 16.9. The van der Waals surface area contributed by atoms with Gasteiger partial charge >= 0.3 is 6.09 Å². The molecular weight excluding hydrogens is 302 g/mol. The van der Waals surface area contributed by atoms with Gasteiger partial charge in [-0.3, -0.25) is 0 Å². The molecule has 0 aliphatic carbocycles. The predicted octanol–water partition coefficient (Wildman–Crippen LogP) is 2.86. The minimum absolute atomic E-state index is 0.253. The molecule has 22 heavy (non-hydrogen) atoms. The number of rotatable bonds is 2. The number of carbonyl (C=O) groups is 1. The Bertz CT molecular complexity index is 535. The molecule has 1 aromatic rings. The van der Waals surface area contributed by atoms with Crippen LogP contribution >= 0.6 is 11.6 Å². The van der Waals surface area contributed by atoms with Crippen molar-refractivity contribution in [2.75, 3.05) is 31.1 Å². The molecular formula is C16H24ClN3O2. The Balaban J connectivity index is 2.01. The Morgan fingerprint density at radius 1 is 1.27 bits per heavy atom. The van der Waals surface area contributed by atoms with Gasteiger partial charge in [0.1, 0.15) is 5.60 Å². The minimum atomic E-state index is -0.464. The highest BCUT2D eigenvalue weighted by atomic mass is 35.5. The summed E-state index contributed by atoms with van der Waals surface area (Å²) in [5.74, 6) is 0. The van der Waals surface area contributed by atoms with Crippen molar-refractivity contribution in [2.24, 2.45) is 5.73 Å². The number of amides is 1. The number of halogens is 1. The second-order valence-electron chi connectivity index (χ2n) is 6.40. The first-order valence-electron chi connectivity index (χ1n) is 7.52. The Kier molecular flexibility index (Phi) is 5.19. The fourth-order valence-corrected chi connectivity index (χ4v) is 2.75. The molecule has 0 radical (unpaired) electrons. The van der Waals surface area contributed by atoms with Gasteiger partial charge in [0.15, 0.2) is 0 Å². The van der Waals surface area contributed by atoms with Crippen LogP contribution in [0.1, 0.15) is 26.3 Å². The first-order chi connectivity index (χ1) is 10.3. The fourth-order valence-electron chi connectivity index (χ4n) is 2.50. The number of piperazine rings is 1. The van der Waals surface area contributed by atoms with Crippen LogP contribution in [0.2, 0.25) is 5.02 Å². The highest BCUT2D eigenvalue weighted by Crippen LogP contribution is 2.28.